The van der Waals surface area contributed by atoms with Crippen molar-refractivity contribution in [1.82, 2.24) is 0 Å². The number of benzene rings is 9. The molecule has 0 unspecified atom stereocenters. The van der Waals surface area contributed by atoms with Crippen LogP contribution in [0.25, 0.3) is 39.0 Å². The molecule has 1 heteroatoms. The minimum atomic E-state index is -0.514. The van der Waals surface area contributed by atoms with E-state index in [9.17, 15) is 0 Å². The van der Waals surface area contributed by atoms with Gasteiger partial charge >= 0.3 is 0 Å². The van der Waals surface area contributed by atoms with Gasteiger partial charge in [-0.25, -0.2) is 0 Å². The molecule has 4 aliphatic rings. The number of nitrogens with zero attached hydrogens (tertiary/aromatic N) is 1. The van der Waals surface area contributed by atoms with Crippen molar-refractivity contribution in [2.75, 3.05) is 4.90 Å². The largest absolute Gasteiger partial charge is 0.310 e. The zero-order valence-corrected chi connectivity index (χ0v) is 39.1. The van der Waals surface area contributed by atoms with Gasteiger partial charge in [0.1, 0.15) is 0 Å². The summed E-state index contributed by atoms with van der Waals surface area (Å²) in [4.78, 5) is 2.56. The van der Waals surface area contributed by atoms with E-state index >= 15 is 0 Å². The number of allylic oxidation sites excluding steroid dienone is 5. The van der Waals surface area contributed by atoms with Gasteiger partial charge in [-0.3, -0.25) is 0 Å². The van der Waals surface area contributed by atoms with Crippen LogP contribution in [0.1, 0.15) is 77.1 Å². The van der Waals surface area contributed by atoms with Gasteiger partial charge in [-0.15, -0.1) is 0 Å². The van der Waals surface area contributed by atoms with Crippen LogP contribution in [-0.4, -0.2) is 0 Å². The fraction of sp³-hybridized carbons (Fsp3) is 0.118. The number of fused-ring (bicyclic) bond motifs is 10. The number of hydrogen-bond donors (Lipinski definition) is 0. The highest BCUT2D eigenvalue weighted by Crippen LogP contribution is 2.65. The van der Waals surface area contributed by atoms with E-state index in [-0.39, 0.29) is 10.8 Å². The molecule has 0 N–H and O–H groups in total. The summed E-state index contributed by atoms with van der Waals surface area (Å²) in [5, 5.41) is 0. The van der Waals surface area contributed by atoms with Crippen LogP contribution in [0.15, 0.2) is 255 Å². The Kier molecular flexibility index (Phi) is 9.60. The van der Waals surface area contributed by atoms with E-state index in [1.807, 2.05) is 0 Å². The second kappa shape index (κ2) is 16.1. The molecule has 13 rings (SSSR count). The van der Waals surface area contributed by atoms with Gasteiger partial charge in [0, 0.05) is 27.8 Å². The molecule has 1 nitrogen and oxygen atoms in total. The second-order valence-electron chi connectivity index (χ2n) is 19.5. The second-order valence-corrected chi connectivity index (χ2v) is 19.5. The van der Waals surface area contributed by atoms with E-state index in [1.54, 1.807) is 0 Å². The van der Waals surface area contributed by atoms with Crippen LogP contribution in [0.3, 0.4) is 0 Å². The lowest BCUT2D eigenvalue weighted by atomic mass is 9.57. The van der Waals surface area contributed by atoms with E-state index in [2.05, 4.69) is 261 Å². The molecule has 0 bridgehead atoms. The SMILES string of the molecule is C=CC1=C(/C=C\C)C2(CCC3(CC2)c2ccccc2-c2ccc(N(c4ccc(-c5ccccc5)cc4)c4cccc5c4-c4ccccc4C5(c4ccccc4)c4ccccc4)cc23)c2ccccc21. The third-order valence-corrected chi connectivity index (χ3v) is 16.5. The Morgan fingerprint density at radius 1 is 0.420 bits per heavy atom. The lowest BCUT2D eigenvalue weighted by Gasteiger charge is -2.46. The Labute approximate surface area is 407 Å². The summed E-state index contributed by atoms with van der Waals surface area (Å²) in [6, 6.07) is 84.3. The van der Waals surface area contributed by atoms with Crippen molar-refractivity contribution in [3.63, 3.8) is 0 Å². The van der Waals surface area contributed by atoms with Crippen molar-refractivity contribution in [2.45, 2.75) is 48.9 Å². The molecule has 1 fully saturated rings. The maximum atomic E-state index is 4.36. The molecule has 2 spiro atoms. The zero-order valence-electron chi connectivity index (χ0n) is 39.1. The van der Waals surface area contributed by atoms with Gasteiger partial charge in [0.15, 0.2) is 0 Å². The summed E-state index contributed by atoms with van der Waals surface area (Å²) in [6.45, 7) is 6.51. The molecule has 0 saturated heterocycles. The van der Waals surface area contributed by atoms with Gasteiger partial charge < -0.3 is 4.90 Å². The normalized spacial score (nSPS) is 19.0. The Morgan fingerprint density at radius 2 is 0.928 bits per heavy atom. The monoisotopic (exact) mass is 883 g/mol. The van der Waals surface area contributed by atoms with Crippen molar-refractivity contribution < 1.29 is 0 Å². The summed E-state index contributed by atoms with van der Waals surface area (Å²) >= 11 is 0. The van der Waals surface area contributed by atoms with Gasteiger partial charge in [-0.05, 0) is 146 Å². The molecule has 1 saturated carbocycles. The summed E-state index contributed by atoms with van der Waals surface area (Å²) in [5.74, 6) is 0. The Balaban J connectivity index is 1.02. The highest BCUT2D eigenvalue weighted by atomic mass is 15.1. The van der Waals surface area contributed by atoms with Crippen molar-refractivity contribution in [3.05, 3.63) is 299 Å². The van der Waals surface area contributed by atoms with Gasteiger partial charge in [0.2, 0.25) is 0 Å². The Morgan fingerprint density at radius 3 is 1.58 bits per heavy atom. The Bertz CT molecular complexity index is 3470. The standard InChI is InChI=1S/C68H53N/c1-3-21-58-53(4-2)54-28-14-17-31-59(54)66(58)42-44-67(45-43-66)60-32-18-15-29-55(60)56-41-40-52(46-63(56)67)69(51-38-36-48(37-39-51)47-22-8-5-9-23-47)64-35-20-34-62-65(64)57-30-16-19-33-61(57)68(62,49-24-10-6-11-25-49)50-26-12-7-13-27-50/h3-41,46H,2,42-45H2,1H3/b21-3-. The number of anilines is 3. The van der Waals surface area contributed by atoms with Gasteiger partial charge in [-0.1, -0.05) is 219 Å². The molecule has 0 aliphatic heterocycles. The summed E-state index contributed by atoms with van der Waals surface area (Å²) in [7, 11) is 0. The van der Waals surface area contributed by atoms with Crippen LogP contribution < -0.4 is 4.90 Å². The van der Waals surface area contributed by atoms with E-state index in [0.29, 0.717) is 0 Å². The highest BCUT2D eigenvalue weighted by molar-refractivity contribution is 5.98. The first-order valence-corrected chi connectivity index (χ1v) is 24.7. The number of rotatable bonds is 8. The van der Waals surface area contributed by atoms with Crippen molar-refractivity contribution in [3.8, 4) is 33.4 Å². The van der Waals surface area contributed by atoms with Crippen molar-refractivity contribution in [1.29, 1.82) is 0 Å². The molecule has 4 aliphatic carbocycles. The summed E-state index contributed by atoms with van der Waals surface area (Å²) in [6.07, 6.45) is 10.9. The van der Waals surface area contributed by atoms with E-state index in [1.165, 1.54) is 100 Å². The maximum absolute atomic E-state index is 4.36. The highest BCUT2D eigenvalue weighted by Gasteiger charge is 2.53. The van der Waals surface area contributed by atoms with Crippen LogP contribution >= 0.6 is 0 Å². The zero-order chi connectivity index (χ0) is 46.2. The minimum absolute atomic E-state index is 0.0539. The Hall–Kier alpha value is -8.00. The van der Waals surface area contributed by atoms with E-state index < -0.39 is 5.41 Å². The van der Waals surface area contributed by atoms with Crippen molar-refractivity contribution in [2.24, 2.45) is 0 Å². The first kappa shape index (κ1) is 41.2. The predicted octanol–water partition coefficient (Wildman–Crippen LogP) is 17.5. The third-order valence-electron chi connectivity index (χ3n) is 16.5. The third kappa shape index (κ3) is 5.90. The maximum Gasteiger partial charge on any atom is 0.0714 e. The fourth-order valence-corrected chi connectivity index (χ4v) is 13.6. The lowest BCUT2D eigenvalue weighted by Crippen LogP contribution is -2.39. The van der Waals surface area contributed by atoms with Crippen LogP contribution in [0.4, 0.5) is 17.1 Å². The predicted molar refractivity (Wildman–Crippen MR) is 289 cm³/mol. The van der Waals surface area contributed by atoms with E-state index in [4.69, 9.17) is 0 Å². The molecule has 0 amide bonds. The smallest absolute Gasteiger partial charge is 0.0714 e. The molecule has 9 aromatic rings. The molecule has 0 aromatic heterocycles. The van der Waals surface area contributed by atoms with E-state index in [0.717, 1.165) is 31.4 Å². The molecular weight excluding hydrogens is 831 g/mol. The first-order valence-electron chi connectivity index (χ1n) is 24.7. The minimum Gasteiger partial charge on any atom is -0.310 e. The van der Waals surface area contributed by atoms with Crippen LogP contribution in [-0.2, 0) is 16.2 Å². The summed E-state index contributed by atoms with van der Waals surface area (Å²) in [5.41, 5.74) is 24.1. The lowest BCUT2D eigenvalue weighted by molar-refractivity contribution is 0.263. The molecule has 9 aromatic carbocycles. The van der Waals surface area contributed by atoms with Gasteiger partial charge in [-0.2, -0.15) is 0 Å². The molecule has 0 atom stereocenters. The summed E-state index contributed by atoms with van der Waals surface area (Å²) < 4.78 is 0. The topological polar surface area (TPSA) is 3.24 Å². The number of hydrogen-bond acceptors (Lipinski definition) is 1. The van der Waals surface area contributed by atoms with Crippen LogP contribution in [0.2, 0.25) is 0 Å². The quantitative estimate of drug-likeness (QED) is 0.147. The first-order chi connectivity index (χ1) is 34.1. The van der Waals surface area contributed by atoms with Crippen LogP contribution in [0, 0.1) is 0 Å². The van der Waals surface area contributed by atoms with Gasteiger partial charge in [0.05, 0.1) is 11.1 Å². The molecule has 69 heavy (non-hydrogen) atoms. The van der Waals surface area contributed by atoms with Crippen molar-refractivity contribution >= 4 is 22.6 Å². The van der Waals surface area contributed by atoms with Crippen LogP contribution in [0.5, 0.6) is 0 Å². The molecular formula is C68H53N. The fourth-order valence-electron chi connectivity index (χ4n) is 13.6. The average molecular weight is 884 g/mol. The van der Waals surface area contributed by atoms with Gasteiger partial charge in [0.25, 0.3) is 0 Å². The molecule has 0 heterocycles. The molecule has 330 valence electrons. The average Bonchev–Trinajstić information content (AvgIpc) is 3.98. The molecule has 0 radical (unpaired) electrons.